The van der Waals surface area contributed by atoms with Crippen molar-refractivity contribution in [3.05, 3.63) is 106 Å². The first-order chi connectivity index (χ1) is 15.9. The highest BCUT2D eigenvalue weighted by atomic mass is 32.1. The minimum absolute atomic E-state index is 0.0860. The van der Waals surface area contributed by atoms with Crippen molar-refractivity contribution in [3.8, 4) is 0 Å². The number of rotatable bonds is 7. The Morgan fingerprint density at radius 1 is 0.939 bits per heavy atom. The maximum absolute atomic E-state index is 12.8. The van der Waals surface area contributed by atoms with E-state index in [0.717, 1.165) is 5.56 Å². The molecule has 0 unspecified atom stereocenters. The average molecular weight is 463 g/mol. The lowest BCUT2D eigenvalue weighted by Crippen LogP contribution is -2.41. The van der Waals surface area contributed by atoms with E-state index in [1.54, 1.807) is 31.3 Å². The third-order valence-corrected chi connectivity index (χ3v) is 5.29. The summed E-state index contributed by atoms with van der Waals surface area (Å²) in [7, 11) is 1.65. The molecule has 0 aliphatic heterocycles. The van der Waals surface area contributed by atoms with Crippen LogP contribution in [-0.2, 0) is 6.42 Å². The smallest absolute Gasteiger partial charge is 0.269 e. The number of hydrogen-bond acceptors (Lipinski definition) is 5. The second kappa shape index (κ2) is 11.0. The molecule has 0 aromatic heterocycles. The van der Waals surface area contributed by atoms with Gasteiger partial charge in [0.15, 0.2) is 5.11 Å². The number of hydrogen-bond donors (Lipinski definition) is 2. The van der Waals surface area contributed by atoms with Gasteiger partial charge >= 0.3 is 0 Å². The molecule has 2 amide bonds. The number of nitro groups is 1. The van der Waals surface area contributed by atoms with Gasteiger partial charge in [0.2, 0.25) is 0 Å². The van der Waals surface area contributed by atoms with Crippen molar-refractivity contribution in [3.63, 3.8) is 0 Å². The second-order valence-electron chi connectivity index (χ2n) is 7.13. The number of non-ortho nitro benzene ring substituents is 1. The molecule has 0 radical (unpaired) electrons. The van der Waals surface area contributed by atoms with Crippen LogP contribution < -0.4 is 15.5 Å². The molecule has 168 valence electrons. The summed E-state index contributed by atoms with van der Waals surface area (Å²) >= 11 is 5.35. The zero-order valence-corrected chi connectivity index (χ0v) is 18.7. The molecule has 9 heteroatoms. The fraction of sp³-hybridized carbons (Fsp3) is 0.125. The van der Waals surface area contributed by atoms with Crippen molar-refractivity contribution < 1.29 is 14.5 Å². The Hall–Kier alpha value is -4.11. The van der Waals surface area contributed by atoms with Gasteiger partial charge in [0.05, 0.1) is 16.2 Å². The van der Waals surface area contributed by atoms with Crippen molar-refractivity contribution in [2.75, 3.05) is 18.5 Å². The Morgan fingerprint density at radius 3 is 2.24 bits per heavy atom. The summed E-state index contributed by atoms with van der Waals surface area (Å²) in [5.74, 6) is -0.760. The number of nitrogens with one attached hydrogen (secondary N) is 2. The lowest BCUT2D eigenvalue weighted by molar-refractivity contribution is -0.384. The van der Waals surface area contributed by atoms with Crippen molar-refractivity contribution in [2.45, 2.75) is 6.42 Å². The minimum atomic E-state index is -0.540. The van der Waals surface area contributed by atoms with Crippen LogP contribution in [0, 0.1) is 10.1 Å². The summed E-state index contributed by atoms with van der Waals surface area (Å²) in [5.41, 5.74) is 2.18. The number of nitrogens with zero attached hydrogens (tertiary/aromatic N) is 2. The SMILES string of the molecule is CN(C(=S)NC(=O)c1ccc([N+](=O)[O-])cc1)c1ccccc1C(=O)NCCc1ccccc1. The van der Waals surface area contributed by atoms with E-state index < -0.39 is 10.8 Å². The highest BCUT2D eigenvalue weighted by Gasteiger charge is 2.18. The van der Waals surface area contributed by atoms with Gasteiger partial charge in [-0.1, -0.05) is 42.5 Å². The fourth-order valence-corrected chi connectivity index (χ4v) is 3.31. The van der Waals surface area contributed by atoms with Gasteiger partial charge in [0, 0.05) is 31.3 Å². The second-order valence-corrected chi connectivity index (χ2v) is 7.52. The fourth-order valence-electron chi connectivity index (χ4n) is 3.12. The quantitative estimate of drug-likeness (QED) is 0.315. The van der Waals surface area contributed by atoms with Gasteiger partial charge in [-0.15, -0.1) is 0 Å². The molecule has 2 N–H and O–H groups in total. The largest absolute Gasteiger partial charge is 0.352 e. The highest BCUT2D eigenvalue weighted by Crippen LogP contribution is 2.20. The number of para-hydroxylation sites is 1. The first-order valence-corrected chi connectivity index (χ1v) is 10.5. The third kappa shape index (κ3) is 6.20. The zero-order chi connectivity index (χ0) is 23.8. The first-order valence-electron chi connectivity index (χ1n) is 10.1. The van der Waals surface area contributed by atoms with E-state index in [0.29, 0.717) is 24.2 Å². The standard InChI is InChI=1S/C24H22N4O4S/c1-27(24(33)26-22(29)18-11-13-19(14-12-18)28(31)32)21-10-6-5-9-20(21)23(30)25-16-15-17-7-3-2-4-8-17/h2-14H,15-16H2,1H3,(H,25,30)(H,26,29,33). The van der Waals surface area contributed by atoms with E-state index in [2.05, 4.69) is 10.6 Å². The number of thiocarbonyl (C=S) groups is 1. The molecule has 0 bridgehead atoms. The maximum Gasteiger partial charge on any atom is 0.269 e. The molecule has 0 atom stereocenters. The molecule has 3 aromatic carbocycles. The lowest BCUT2D eigenvalue weighted by Gasteiger charge is -2.23. The van der Waals surface area contributed by atoms with Crippen molar-refractivity contribution in [1.82, 2.24) is 10.6 Å². The van der Waals surface area contributed by atoms with Gasteiger partial charge in [0.25, 0.3) is 17.5 Å². The predicted octanol–water partition coefficient (Wildman–Crippen LogP) is 3.72. The van der Waals surface area contributed by atoms with Gasteiger partial charge in [-0.3, -0.25) is 25.0 Å². The average Bonchev–Trinajstić information content (AvgIpc) is 2.84. The van der Waals surface area contributed by atoms with Gasteiger partial charge < -0.3 is 10.2 Å². The number of anilines is 1. The van der Waals surface area contributed by atoms with Crippen molar-refractivity contribution in [1.29, 1.82) is 0 Å². The van der Waals surface area contributed by atoms with Crippen LogP contribution in [-0.4, -0.2) is 35.4 Å². The van der Waals surface area contributed by atoms with Gasteiger partial charge in [-0.25, -0.2) is 0 Å². The van der Waals surface area contributed by atoms with Crippen LogP contribution >= 0.6 is 12.2 Å². The lowest BCUT2D eigenvalue weighted by atomic mass is 10.1. The van der Waals surface area contributed by atoms with Crippen LogP contribution in [0.25, 0.3) is 0 Å². The molecule has 0 fully saturated rings. The molecule has 0 heterocycles. The van der Waals surface area contributed by atoms with Crippen LogP contribution in [0.5, 0.6) is 0 Å². The van der Waals surface area contributed by atoms with Gasteiger partial charge in [-0.2, -0.15) is 0 Å². The van der Waals surface area contributed by atoms with E-state index in [9.17, 15) is 19.7 Å². The van der Waals surface area contributed by atoms with Crippen LogP contribution in [0.3, 0.4) is 0 Å². The molecule has 3 aromatic rings. The minimum Gasteiger partial charge on any atom is -0.352 e. The molecule has 0 saturated carbocycles. The monoisotopic (exact) mass is 462 g/mol. The van der Waals surface area contributed by atoms with E-state index in [4.69, 9.17) is 12.2 Å². The summed E-state index contributed by atoms with van der Waals surface area (Å²) in [4.78, 5) is 37.1. The summed E-state index contributed by atoms with van der Waals surface area (Å²) in [6.45, 7) is 0.474. The van der Waals surface area contributed by atoms with Crippen LogP contribution in [0.1, 0.15) is 26.3 Å². The number of nitro benzene ring substituents is 1. The summed E-state index contributed by atoms with van der Waals surface area (Å²) in [6.07, 6.45) is 0.703. The number of carbonyl (C=O) groups excluding carboxylic acids is 2. The van der Waals surface area contributed by atoms with Gasteiger partial charge in [0.1, 0.15) is 0 Å². The predicted molar refractivity (Wildman–Crippen MR) is 130 cm³/mol. The summed E-state index contributed by atoms with van der Waals surface area (Å²) in [5, 5.41) is 16.4. The molecule has 0 saturated heterocycles. The molecule has 8 nitrogen and oxygen atoms in total. The molecular weight excluding hydrogens is 440 g/mol. The molecule has 3 rings (SSSR count). The summed E-state index contributed by atoms with van der Waals surface area (Å²) in [6, 6.07) is 22.0. The Morgan fingerprint density at radius 2 is 1.58 bits per heavy atom. The van der Waals surface area contributed by atoms with E-state index >= 15 is 0 Å². The van der Waals surface area contributed by atoms with Crippen LogP contribution in [0.4, 0.5) is 11.4 Å². The Labute approximate surface area is 196 Å². The molecule has 0 spiro atoms. The summed E-state index contributed by atoms with van der Waals surface area (Å²) < 4.78 is 0. The van der Waals surface area contributed by atoms with Crippen LogP contribution in [0.2, 0.25) is 0 Å². The normalized spacial score (nSPS) is 10.2. The highest BCUT2D eigenvalue weighted by molar-refractivity contribution is 7.80. The first kappa shape index (κ1) is 23.6. The third-order valence-electron chi connectivity index (χ3n) is 4.92. The van der Waals surface area contributed by atoms with Crippen LogP contribution in [0.15, 0.2) is 78.9 Å². The molecule has 33 heavy (non-hydrogen) atoms. The zero-order valence-electron chi connectivity index (χ0n) is 17.9. The maximum atomic E-state index is 12.8. The molecular formula is C24H22N4O4S. The number of amides is 2. The Balaban J connectivity index is 1.64. The van der Waals surface area contributed by atoms with Crippen molar-refractivity contribution in [2.24, 2.45) is 0 Å². The van der Waals surface area contributed by atoms with E-state index in [-0.39, 0.29) is 22.3 Å². The van der Waals surface area contributed by atoms with Crippen molar-refractivity contribution >= 4 is 40.5 Å². The Kier molecular flexibility index (Phi) is 7.82. The van der Waals surface area contributed by atoms with Gasteiger partial charge in [-0.05, 0) is 48.5 Å². The number of benzene rings is 3. The molecule has 0 aliphatic rings. The topological polar surface area (TPSA) is 105 Å². The van der Waals surface area contributed by atoms with E-state index in [1.165, 1.54) is 29.2 Å². The van der Waals surface area contributed by atoms with E-state index in [1.807, 2.05) is 30.3 Å². The molecule has 0 aliphatic carbocycles. The number of carbonyl (C=O) groups is 2. The Bertz CT molecular complexity index is 1170.